The Kier molecular flexibility index (Phi) is 5.86. The summed E-state index contributed by atoms with van der Waals surface area (Å²) in [5.74, 6) is 0. The first-order valence-corrected chi connectivity index (χ1v) is 6.77. The highest BCUT2D eigenvalue weighted by molar-refractivity contribution is 5.48. The second-order valence-electron chi connectivity index (χ2n) is 4.84. The zero-order valence-corrected chi connectivity index (χ0v) is 11.4. The maximum absolute atomic E-state index is 9.88. The Morgan fingerprint density at radius 2 is 1.81 bits per heavy atom. The van der Waals surface area contributed by atoms with Crippen molar-refractivity contribution < 1.29 is 29.9 Å². The quantitative estimate of drug-likeness (QED) is 0.585. The van der Waals surface area contributed by atoms with Gasteiger partial charge in [-0.2, -0.15) is 0 Å². The summed E-state index contributed by atoms with van der Waals surface area (Å²) in [5, 5.41) is 38.3. The molecule has 0 amide bonds. The summed E-state index contributed by atoms with van der Waals surface area (Å²) in [6.07, 6.45) is -2.53. The molecule has 0 unspecified atom stereocenters. The summed E-state index contributed by atoms with van der Waals surface area (Å²) < 4.78 is 10.3. The van der Waals surface area contributed by atoms with Crippen molar-refractivity contribution in [2.75, 3.05) is 13.2 Å². The van der Waals surface area contributed by atoms with Gasteiger partial charge in [-0.05, 0) is 5.56 Å². The van der Waals surface area contributed by atoms with Crippen LogP contribution in [0.15, 0.2) is 36.4 Å². The highest BCUT2D eigenvalue weighted by atomic mass is 16.7. The van der Waals surface area contributed by atoms with Crippen molar-refractivity contribution in [2.45, 2.75) is 30.7 Å². The lowest BCUT2D eigenvalue weighted by atomic mass is 9.99. The van der Waals surface area contributed by atoms with E-state index in [0.29, 0.717) is 0 Å². The molecule has 5 atom stereocenters. The van der Waals surface area contributed by atoms with Crippen molar-refractivity contribution in [3.8, 4) is 0 Å². The second kappa shape index (κ2) is 7.65. The van der Waals surface area contributed by atoms with Crippen molar-refractivity contribution in [1.29, 1.82) is 0 Å². The smallest absolute Gasteiger partial charge is 0.184 e. The van der Waals surface area contributed by atoms with Crippen LogP contribution in [0.5, 0.6) is 0 Å². The van der Waals surface area contributed by atoms with Gasteiger partial charge in [0.05, 0.1) is 13.2 Å². The van der Waals surface area contributed by atoms with Crippen molar-refractivity contribution in [2.24, 2.45) is 0 Å². The van der Waals surface area contributed by atoms with Crippen LogP contribution < -0.4 is 0 Å². The van der Waals surface area contributed by atoms with Crippen LogP contribution in [-0.4, -0.2) is 64.3 Å². The van der Waals surface area contributed by atoms with Crippen molar-refractivity contribution in [3.63, 3.8) is 0 Å². The Morgan fingerprint density at radius 1 is 1.10 bits per heavy atom. The van der Waals surface area contributed by atoms with E-state index in [9.17, 15) is 15.3 Å². The number of ether oxygens (including phenoxy) is 2. The minimum atomic E-state index is -1.40. The Hall–Kier alpha value is -1.28. The van der Waals surface area contributed by atoms with Gasteiger partial charge in [0.25, 0.3) is 0 Å². The lowest BCUT2D eigenvalue weighted by molar-refractivity contribution is -0.294. The van der Waals surface area contributed by atoms with E-state index in [4.69, 9.17) is 14.6 Å². The van der Waals surface area contributed by atoms with Crippen LogP contribution in [0.3, 0.4) is 0 Å². The zero-order valence-electron chi connectivity index (χ0n) is 11.4. The topological polar surface area (TPSA) is 99.4 Å². The Bertz CT molecular complexity index is 449. The molecule has 1 aliphatic rings. The van der Waals surface area contributed by atoms with Gasteiger partial charge in [-0.15, -0.1) is 0 Å². The average molecular weight is 296 g/mol. The molecule has 0 radical (unpaired) electrons. The predicted octanol–water partition coefficient (Wildman–Crippen LogP) is -0.484. The molecule has 2 rings (SSSR count). The summed E-state index contributed by atoms with van der Waals surface area (Å²) >= 11 is 0. The van der Waals surface area contributed by atoms with Gasteiger partial charge in [-0.25, -0.2) is 0 Å². The lowest BCUT2D eigenvalue weighted by Crippen LogP contribution is -2.59. The lowest BCUT2D eigenvalue weighted by Gasteiger charge is -2.39. The van der Waals surface area contributed by atoms with Crippen LogP contribution in [0.4, 0.5) is 0 Å². The molecule has 116 valence electrons. The molecule has 0 saturated carbocycles. The third-order valence-electron chi connectivity index (χ3n) is 3.34. The van der Waals surface area contributed by atoms with Crippen LogP contribution in [0.25, 0.3) is 6.08 Å². The van der Waals surface area contributed by atoms with Gasteiger partial charge in [0, 0.05) is 0 Å². The number of hydrogen-bond acceptors (Lipinski definition) is 6. The Morgan fingerprint density at radius 3 is 2.48 bits per heavy atom. The molecular weight excluding hydrogens is 276 g/mol. The average Bonchev–Trinajstić information content (AvgIpc) is 2.51. The third-order valence-corrected chi connectivity index (χ3v) is 3.34. The molecule has 6 heteroatoms. The van der Waals surface area contributed by atoms with Gasteiger partial charge in [-0.1, -0.05) is 42.5 Å². The minimum absolute atomic E-state index is 0.146. The standard InChI is InChI=1S/C15H20O6/c16-9-11-12(17)13(18)14(15(19)21-11)20-8-4-7-10-5-2-1-3-6-10/h1-7,11-19H,8-9H2/b7-4+/t11-,12-,13+,14-,15+/m1/s1. The molecule has 4 N–H and O–H groups in total. The second-order valence-corrected chi connectivity index (χ2v) is 4.84. The largest absolute Gasteiger partial charge is 0.394 e. The highest BCUT2D eigenvalue weighted by Crippen LogP contribution is 2.22. The molecule has 0 aliphatic carbocycles. The van der Waals surface area contributed by atoms with E-state index < -0.39 is 37.3 Å². The van der Waals surface area contributed by atoms with Gasteiger partial charge in [0.1, 0.15) is 24.4 Å². The first kappa shape index (κ1) is 16.1. The molecule has 1 aromatic carbocycles. The van der Waals surface area contributed by atoms with E-state index in [-0.39, 0.29) is 6.61 Å². The first-order chi connectivity index (χ1) is 10.1. The minimum Gasteiger partial charge on any atom is -0.394 e. The van der Waals surface area contributed by atoms with E-state index in [1.54, 1.807) is 6.08 Å². The molecule has 0 bridgehead atoms. The fraction of sp³-hybridized carbons (Fsp3) is 0.467. The van der Waals surface area contributed by atoms with E-state index in [1.807, 2.05) is 36.4 Å². The first-order valence-electron chi connectivity index (χ1n) is 6.77. The number of aliphatic hydroxyl groups is 4. The SMILES string of the molecule is OC[C@H]1O[C@H](O)[C@H](OC/C=C/c2ccccc2)[C@@H](O)[C@@H]1O. The van der Waals surface area contributed by atoms with E-state index in [0.717, 1.165) is 5.56 Å². The number of benzene rings is 1. The Labute approximate surface area is 122 Å². The summed E-state index contributed by atoms with van der Waals surface area (Å²) in [5.41, 5.74) is 1.00. The summed E-state index contributed by atoms with van der Waals surface area (Å²) in [7, 11) is 0. The van der Waals surface area contributed by atoms with Crippen molar-refractivity contribution >= 4 is 6.08 Å². The zero-order chi connectivity index (χ0) is 15.2. The fourth-order valence-corrected chi connectivity index (χ4v) is 2.17. The van der Waals surface area contributed by atoms with E-state index >= 15 is 0 Å². The number of aliphatic hydroxyl groups excluding tert-OH is 4. The summed E-state index contributed by atoms with van der Waals surface area (Å²) in [6, 6.07) is 9.60. The van der Waals surface area contributed by atoms with Crippen LogP contribution >= 0.6 is 0 Å². The van der Waals surface area contributed by atoms with E-state index in [2.05, 4.69) is 0 Å². The van der Waals surface area contributed by atoms with Crippen molar-refractivity contribution in [3.05, 3.63) is 42.0 Å². The van der Waals surface area contributed by atoms with Crippen LogP contribution in [0.1, 0.15) is 5.56 Å². The van der Waals surface area contributed by atoms with Crippen LogP contribution in [0.2, 0.25) is 0 Å². The molecule has 0 spiro atoms. The summed E-state index contributed by atoms with van der Waals surface area (Å²) in [6.45, 7) is -0.344. The molecule has 0 aromatic heterocycles. The molecule has 1 saturated heterocycles. The Balaban J connectivity index is 1.86. The monoisotopic (exact) mass is 296 g/mol. The highest BCUT2D eigenvalue weighted by Gasteiger charge is 2.44. The molecule has 1 aromatic rings. The third kappa shape index (κ3) is 4.10. The normalized spacial score (nSPS) is 33.4. The summed E-state index contributed by atoms with van der Waals surface area (Å²) in [4.78, 5) is 0. The maximum atomic E-state index is 9.88. The molecular formula is C15H20O6. The molecule has 1 aliphatic heterocycles. The molecule has 1 fully saturated rings. The predicted molar refractivity (Wildman–Crippen MR) is 75.2 cm³/mol. The van der Waals surface area contributed by atoms with Crippen molar-refractivity contribution in [1.82, 2.24) is 0 Å². The van der Waals surface area contributed by atoms with E-state index in [1.165, 1.54) is 0 Å². The van der Waals surface area contributed by atoms with Crippen LogP contribution in [-0.2, 0) is 9.47 Å². The van der Waals surface area contributed by atoms with Gasteiger partial charge < -0.3 is 29.9 Å². The number of rotatable bonds is 5. The number of hydrogen-bond donors (Lipinski definition) is 4. The maximum Gasteiger partial charge on any atom is 0.184 e. The molecule has 6 nitrogen and oxygen atoms in total. The fourth-order valence-electron chi connectivity index (χ4n) is 2.17. The van der Waals surface area contributed by atoms with Gasteiger partial charge >= 0.3 is 0 Å². The van der Waals surface area contributed by atoms with Gasteiger partial charge in [0.15, 0.2) is 6.29 Å². The molecule has 1 heterocycles. The van der Waals surface area contributed by atoms with Gasteiger partial charge in [0.2, 0.25) is 0 Å². The van der Waals surface area contributed by atoms with Crippen LogP contribution in [0, 0.1) is 0 Å². The van der Waals surface area contributed by atoms with Gasteiger partial charge in [-0.3, -0.25) is 0 Å². The molecule has 21 heavy (non-hydrogen) atoms.